The summed E-state index contributed by atoms with van der Waals surface area (Å²) in [6, 6.07) is 12.7. The zero-order valence-electron chi connectivity index (χ0n) is 10.6. The topological polar surface area (TPSA) is 23.8 Å². The van der Waals surface area contributed by atoms with Crippen LogP contribution in [-0.2, 0) is 5.41 Å². The van der Waals surface area contributed by atoms with Gasteiger partial charge >= 0.3 is 0 Å². The van der Waals surface area contributed by atoms with Gasteiger partial charge in [0.2, 0.25) is 0 Å². The average Bonchev–Trinajstić information content (AvgIpc) is 3.15. The highest BCUT2D eigenvalue weighted by molar-refractivity contribution is 5.45. The molecular formula is C18H15N. The molecule has 0 saturated carbocycles. The summed E-state index contributed by atoms with van der Waals surface area (Å²) in [6.45, 7) is 0. The molecule has 0 saturated heterocycles. The van der Waals surface area contributed by atoms with Gasteiger partial charge in [0.05, 0.1) is 6.07 Å². The Morgan fingerprint density at radius 3 is 1.68 bits per heavy atom. The molecule has 1 aromatic rings. The number of rotatable bonds is 3. The Bertz CT molecular complexity index is 559. The molecule has 3 rings (SSSR count). The van der Waals surface area contributed by atoms with Crippen LogP contribution in [0.25, 0.3) is 0 Å². The molecule has 1 nitrogen and oxygen atoms in total. The Hall–Kier alpha value is -2.33. The van der Waals surface area contributed by atoms with Crippen molar-refractivity contribution in [2.24, 2.45) is 11.8 Å². The van der Waals surface area contributed by atoms with Gasteiger partial charge in [-0.1, -0.05) is 78.9 Å². The third kappa shape index (κ3) is 1.77. The Labute approximate surface area is 113 Å². The molecule has 1 heteroatoms. The van der Waals surface area contributed by atoms with Crippen LogP contribution in [-0.4, -0.2) is 0 Å². The first-order valence-corrected chi connectivity index (χ1v) is 6.54. The summed E-state index contributed by atoms with van der Waals surface area (Å²) < 4.78 is 0. The number of hydrogen-bond donors (Lipinski definition) is 0. The standard InChI is InChI=1S/C18H15N/c19-14-18(16-10-4-5-11-16,17-12-6-7-13-17)15-8-2-1-3-9-15/h1-13,16-17H. The van der Waals surface area contributed by atoms with E-state index in [4.69, 9.17) is 0 Å². The lowest BCUT2D eigenvalue weighted by molar-refractivity contribution is 0.408. The molecule has 0 radical (unpaired) electrons. The van der Waals surface area contributed by atoms with Gasteiger partial charge in [-0.05, 0) is 5.56 Å². The minimum absolute atomic E-state index is 0.122. The van der Waals surface area contributed by atoms with E-state index in [-0.39, 0.29) is 11.8 Å². The molecule has 19 heavy (non-hydrogen) atoms. The second-order valence-corrected chi connectivity index (χ2v) is 4.94. The number of hydrogen-bond acceptors (Lipinski definition) is 1. The van der Waals surface area contributed by atoms with Crippen LogP contribution >= 0.6 is 0 Å². The van der Waals surface area contributed by atoms with Crippen molar-refractivity contribution >= 4 is 0 Å². The monoisotopic (exact) mass is 245 g/mol. The van der Waals surface area contributed by atoms with Gasteiger partial charge in [-0.15, -0.1) is 0 Å². The first kappa shape index (κ1) is 11.7. The van der Waals surface area contributed by atoms with E-state index in [1.165, 1.54) is 0 Å². The highest BCUT2D eigenvalue weighted by Gasteiger charge is 2.44. The van der Waals surface area contributed by atoms with Gasteiger partial charge < -0.3 is 0 Å². The molecule has 0 aliphatic heterocycles. The maximum atomic E-state index is 9.97. The summed E-state index contributed by atoms with van der Waals surface area (Å²) in [5, 5.41) is 9.97. The lowest BCUT2D eigenvalue weighted by Gasteiger charge is -2.35. The lowest BCUT2D eigenvalue weighted by Crippen LogP contribution is -2.37. The fourth-order valence-electron chi connectivity index (χ4n) is 3.01. The van der Waals surface area contributed by atoms with E-state index in [1.807, 2.05) is 42.5 Å². The maximum absolute atomic E-state index is 9.97. The Morgan fingerprint density at radius 2 is 1.26 bits per heavy atom. The van der Waals surface area contributed by atoms with E-state index in [0.29, 0.717) is 0 Å². The van der Waals surface area contributed by atoms with E-state index in [0.717, 1.165) is 5.56 Å². The van der Waals surface area contributed by atoms with E-state index in [1.54, 1.807) is 0 Å². The average molecular weight is 245 g/mol. The predicted molar refractivity (Wildman–Crippen MR) is 77.3 cm³/mol. The van der Waals surface area contributed by atoms with Gasteiger partial charge in [0.1, 0.15) is 5.41 Å². The largest absolute Gasteiger partial charge is 0.197 e. The van der Waals surface area contributed by atoms with Gasteiger partial charge in [0.15, 0.2) is 0 Å². The van der Waals surface area contributed by atoms with Crippen LogP contribution < -0.4 is 0 Å². The lowest BCUT2D eigenvalue weighted by atomic mass is 9.64. The molecule has 0 amide bonds. The second-order valence-electron chi connectivity index (χ2n) is 4.94. The molecule has 0 bridgehead atoms. The quantitative estimate of drug-likeness (QED) is 0.791. The van der Waals surface area contributed by atoms with Crippen LogP contribution in [0.1, 0.15) is 5.56 Å². The van der Waals surface area contributed by atoms with Gasteiger partial charge in [0.25, 0.3) is 0 Å². The molecule has 92 valence electrons. The van der Waals surface area contributed by atoms with Crippen molar-refractivity contribution in [2.45, 2.75) is 5.41 Å². The van der Waals surface area contributed by atoms with E-state index in [2.05, 4.69) is 42.5 Å². The fraction of sp³-hybridized carbons (Fsp3) is 0.167. The van der Waals surface area contributed by atoms with Crippen molar-refractivity contribution in [3.63, 3.8) is 0 Å². The number of nitriles is 1. The van der Waals surface area contributed by atoms with Gasteiger partial charge in [-0.25, -0.2) is 0 Å². The van der Waals surface area contributed by atoms with E-state index < -0.39 is 5.41 Å². The van der Waals surface area contributed by atoms with Gasteiger partial charge in [0, 0.05) is 11.8 Å². The maximum Gasteiger partial charge on any atom is 0.102 e. The van der Waals surface area contributed by atoms with E-state index >= 15 is 0 Å². The van der Waals surface area contributed by atoms with Crippen LogP contribution in [0.2, 0.25) is 0 Å². The first-order chi connectivity index (χ1) is 9.38. The zero-order chi connectivity index (χ0) is 13.1. The third-order valence-corrected chi connectivity index (χ3v) is 3.98. The van der Waals surface area contributed by atoms with Crippen molar-refractivity contribution < 1.29 is 0 Å². The molecule has 0 spiro atoms. The Balaban J connectivity index is 2.16. The normalized spacial score (nSPS) is 18.3. The third-order valence-electron chi connectivity index (χ3n) is 3.98. The number of nitrogens with zero attached hydrogens (tertiary/aromatic N) is 1. The fourth-order valence-corrected chi connectivity index (χ4v) is 3.01. The highest BCUT2D eigenvalue weighted by Crippen LogP contribution is 2.44. The minimum Gasteiger partial charge on any atom is -0.197 e. The van der Waals surface area contributed by atoms with Crippen LogP contribution in [0.4, 0.5) is 0 Å². The summed E-state index contributed by atoms with van der Waals surface area (Å²) in [7, 11) is 0. The second kappa shape index (κ2) is 4.74. The van der Waals surface area contributed by atoms with Crippen LogP contribution in [0.15, 0.2) is 78.9 Å². The molecular weight excluding hydrogens is 230 g/mol. The molecule has 0 unspecified atom stereocenters. The summed E-state index contributed by atoms with van der Waals surface area (Å²) in [5.74, 6) is 0.245. The SMILES string of the molecule is N#CC(c1ccccc1)(C1C=CC=C1)C1C=CC=C1. The predicted octanol–water partition coefficient (Wildman–Crippen LogP) is 3.93. The smallest absolute Gasteiger partial charge is 0.102 e. The van der Waals surface area contributed by atoms with Gasteiger partial charge in [-0.2, -0.15) is 5.26 Å². The van der Waals surface area contributed by atoms with E-state index in [9.17, 15) is 5.26 Å². The van der Waals surface area contributed by atoms with Crippen molar-refractivity contribution in [2.75, 3.05) is 0 Å². The number of allylic oxidation sites excluding steroid dienone is 8. The molecule has 2 aliphatic carbocycles. The highest BCUT2D eigenvalue weighted by atomic mass is 14.5. The van der Waals surface area contributed by atoms with Crippen molar-refractivity contribution in [3.8, 4) is 6.07 Å². The van der Waals surface area contributed by atoms with Crippen molar-refractivity contribution in [1.82, 2.24) is 0 Å². The van der Waals surface area contributed by atoms with Crippen LogP contribution in [0.3, 0.4) is 0 Å². The minimum atomic E-state index is -0.547. The van der Waals surface area contributed by atoms with Crippen molar-refractivity contribution in [3.05, 3.63) is 84.5 Å². The van der Waals surface area contributed by atoms with Crippen molar-refractivity contribution in [1.29, 1.82) is 5.26 Å². The Morgan fingerprint density at radius 1 is 0.789 bits per heavy atom. The molecule has 0 N–H and O–H groups in total. The summed E-state index contributed by atoms with van der Waals surface area (Å²) >= 11 is 0. The molecule has 0 aromatic heterocycles. The summed E-state index contributed by atoms with van der Waals surface area (Å²) in [6.07, 6.45) is 16.6. The zero-order valence-corrected chi connectivity index (χ0v) is 10.6. The number of benzene rings is 1. The molecule has 1 aromatic carbocycles. The molecule has 0 fully saturated rings. The first-order valence-electron chi connectivity index (χ1n) is 6.54. The molecule has 0 atom stereocenters. The Kier molecular flexibility index (Phi) is 2.93. The molecule has 2 aliphatic rings. The van der Waals surface area contributed by atoms with Crippen LogP contribution in [0, 0.1) is 23.2 Å². The summed E-state index contributed by atoms with van der Waals surface area (Å²) in [4.78, 5) is 0. The van der Waals surface area contributed by atoms with Gasteiger partial charge in [-0.3, -0.25) is 0 Å². The van der Waals surface area contributed by atoms with Crippen LogP contribution in [0.5, 0.6) is 0 Å². The summed E-state index contributed by atoms with van der Waals surface area (Å²) in [5.41, 5.74) is 0.536. The molecule has 0 heterocycles.